The van der Waals surface area contributed by atoms with E-state index in [1.165, 1.54) is 0 Å². The van der Waals surface area contributed by atoms with Crippen LogP contribution in [0.5, 0.6) is 5.75 Å². The van der Waals surface area contributed by atoms with Crippen molar-refractivity contribution in [3.63, 3.8) is 0 Å². The highest BCUT2D eigenvalue weighted by Crippen LogP contribution is 2.25. The van der Waals surface area contributed by atoms with Crippen molar-refractivity contribution in [1.29, 1.82) is 0 Å². The lowest BCUT2D eigenvalue weighted by molar-refractivity contribution is -0.143. The summed E-state index contributed by atoms with van der Waals surface area (Å²) in [7, 11) is 1.63. The van der Waals surface area contributed by atoms with E-state index in [9.17, 15) is 4.79 Å². The van der Waals surface area contributed by atoms with Crippen LogP contribution in [0.25, 0.3) is 22.3 Å². The maximum absolute atomic E-state index is 11.7. The van der Waals surface area contributed by atoms with Crippen molar-refractivity contribution >= 4 is 16.9 Å². The fourth-order valence-electron chi connectivity index (χ4n) is 2.68. The molecule has 2 aromatic carbocycles. The number of carbonyl (C=O) groups excluding carboxylic acids is 1. The summed E-state index contributed by atoms with van der Waals surface area (Å²) in [4.78, 5) is 21.1. The molecule has 1 aromatic heterocycles. The Morgan fingerprint density at radius 1 is 1.08 bits per heavy atom. The predicted molar refractivity (Wildman–Crippen MR) is 96.5 cm³/mol. The van der Waals surface area contributed by atoms with E-state index in [-0.39, 0.29) is 5.97 Å². The zero-order valence-corrected chi connectivity index (χ0v) is 14.4. The number of rotatable bonds is 6. The summed E-state index contributed by atoms with van der Waals surface area (Å²) >= 11 is 0. The fraction of sp³-hybridized carbons (Fsp3) is 0.250. The molecule has 0 aliphatic rings. The molecule has 128 valence electrons. The average molecular weight is 336 g/mol. The van der Waals surface area contributed by atoms with Gasteiger partial charge in [-0.3, -0.25) is 4.79 Å². The van der Waals surface area contributed by atoms with E-state index in [0.29, 0.717) is 25.3 Å². The highest BCUT2D eigenvalue weighted by molar-refractivity contribution is 5.83. The third kappa shape index (κ3) is 3.94. The molecule has 5 heteroatoms. The number of fused-ring (bicyclic) bond motifs is 1. The molecule has 0 N–H and O–H groups in total. The number of aryl methyl sites for hydroxylation is 1. The maximum Gasteiger partial charge on any atom is 0.306 e. The monoisotopic (exact) mass is 336 g/mol. The number of hydrogen-bond donors (Lipinski definition) is 0. The number of carbonyl (C=O) groups is 1. The lowest BCUT2D eigenvalue weighted by Crippen LogP contribution is -2.07. The van der Waals surface area contributed by atoms with Crippen molar-refractivity contribution in [3.8, 4) is 17.1 Å². The van der Waals surface area contributed by atoms with Gasteiger partial charge in [0.2, 0.25) is 0 Å². The average Bonchev–Trinajstić information content (AvgIpc) is 2.66. The van der Waals surface area contributed by atoms with Gasteiger partial charge in [0.15, 0.2) is 5.82 Å². The maximum atomic E-state index is 11.7. The first-order valence-electron chi connectivity index (χ1n) is 8.27. The minimum Gasteiger partial charge on any atom is -0.497 e. The van der Waals surface area contributed by atoms with Gasteiger partial charge in [0.05, 0.1) is 31.3 Å². The molecule has 0 saturated heterocycles. The van der Waals surface area contributed by atoms with Crippen molar-refractivity contribution in [2.75, 3.05) is 13.7 Å². The summed E-state index contributed by atoms with van der Waals surface area (Å²) in [6.45, 7) is 2.19. The Balaban J connectivity index is 2.01. The topological polar surface area (TPSA) is 61.3 Å². The van der Waals surface area contributed by atoms with Gasteiger partial charge in [-0.2, -0.15) is 0 Å². The summed E-state index contributed by atoms with van der Waals surface area (Å²) < 4.78 is 10.3. The van der Waals surface area contributed by atoms with E-state index in [0.717, 1.165) is 27.9 Å². The molecule has 0 atom stereocenters. The van der Waals surface area contributed by atoms with Crippen LogP contribution in [0, 0.1) is 0 Å². The molecule has 0 unspecified atom stereocenters. The van der Waals surface area contributed by atoms with E-state index in [1.54, 1.807) is 14.0 Å². The van der Waals surface area contributed by atoms with Crippen LogP contribution in [0.2, 0.25) is 0 Å². The molecular formula is C20H20N2O3. The van der Waals surface area contributed by atoms with Crippen LogP contribution in [0.1, 0.15) is 19.0 Å². The lowest BCUT2D eigenvalue weighted by atomic mass is 10.1. The Bertz CT molecular complexity index is 893. The predicted octanol–water partition coefficient (Wildman–Crippen LogP) is 3.80. The van der Waals surface area contributed by atoms with E-state index in [4.69, 9.17) is 14.5 Å². The molecule has 1 heterocycles. The smallest absolute Gasteiger partial charge is 0.306 e. The van der Waals surface area contributed by atoms with Crippen LogP contribution in [0.3, 0.4) is 0 Å². The molecule has 25 heavy (non-hydrogen) atoms. The van der Waals surface area contributed by atoms with Crippen LogP contribution in [-0.4, -0.2) is 29.7 Å². The van der Waals surface area contributed by atoms with Crippen molar-refractivity contribution in [2.24, 2.45) is 0 Å². The molecule has 0 fully saturated rings. The van der Waals surface area contributed by atoms with Crippen LogP contribution in [0.15, 0.2) is 48.5 Å². The quantitative estimate of drug-likeness (QED) is 0.641. The van der Waals surface area contributed by atoms with Gasteiger partial charge in [0.1, 0.15) is 5.75 Å². The second-order valence-corrected chi connectivity index (χ2v) is 5.55. The first-order valence-corrected chi connectivity index (χ1v) is 8.27. The third-order valence-corrected chi connectivity index (χ3v) is 3.88. The zero-order valence-electron chi connectivity index (χ0n) is 14.4. The Morgan fingerprint density at radius 3 is 2.72 bits per heavy atom. The van der Waals surface area contributed by atoms with Crippen LogP contribution >= 0.6 is 0 Å². The van der Waals surface area contributed by atoms with E-state index in [1.807, 2.05) is 48.5 Å². The van der Waals surface area contributed by atoms with Gasteiger partial charge < -0.3 is 9.47 Å². The van der Waals surface area contributed by atoms with Crippen LogP contribution < -0.4 is 4.74 Å². The largest absolute Gasteiger partial charge is 0.497 e. The first-order chi connectivity index (χ1) is 12.2. The Labute approximate surface area is 146 Å². The number of para-hydroxylation sites is 1. The number of hydrogen-bond acceptors (Lipinski definition) is 5. The third-order valence-electron chi connectivity index (χ3n) is 3.88. The molecule has 0 radical (unpaired) electrons. The van der Waals surface area contributed by atoms with Gasteiger partial charge in [-0.05, 0) is 25.1 Å². The van der Waals surface area contributed by atoms with Gasteiger partial charge in [0.25, 0.3) is 0 Å². The molecule has 0 bridgehead atoms. The van der Waals surface area contributed by atoms with Crippen molar-refractivity contribution in [3.05, 3.63) is 54.2 Å². The summed E-state index contributed by atoms with van der Waals surface area (Å²) in [5, 5.41) is 0.957. The van der Waals surface area contributed by atoms with Crippen LogP contribution in [-0.2, 0) is 16.0 Å². The Morgan fingerprint density at radius 2 is 1.92 bits per heavy atom. The first kappa shape index (κ1) is 16.9. The van der Waals surface area contributed by atoms with Crippen molar-refractivity contribution in [1.82, 2.24) is 9.97 Å². The van der Waals surface area contributed by atoms with E-state index in [2.05, 4.69) is 4.98 Å². The Kier molecular flexibility index (Phi) is 5.23. The molecule has 0 aliphatic heterocycles. The van der Waals surface area contributed by atoms with Gasteiger partial charge in [-0.15, -0.1) is 0 Å². The van der Waals surface area contributed by atoms with E-state index >= 15 is 0 Å². The fourth-order valence-corrected chi connectivity index (χ4v) is 2.68. The number of benzene rings is 2. The molecule has 0 amide bonds. The number of methoxy groups -OCH3 is 1. The lowest BCUT2D eigenvalue weighted by Gasteiger charge is -2.09. The molecule has 3 rings (SSSR count). The molecule has 0 aliphatic carbocycles. The molecule has 3 aromatic rings. The van der Waals surface area contributed by atoms with Crippen molar-refractivity contribution in [2.45, 2.75) is 19.8 Å². The second-order valence-electron chi connectivity index (χ2n) is 5.55. The second kappa shape index (κ2) is 7.75. The summed E-state index contributed by atoms with van der Waals surface area (Å²) in [6.07, 6.45) is 0.811. The van der Waals surface area contributed by atoms with Gasteiger partial charge in [-0.25, -0.2) is 9.97 Å². The minimum atomic E-state index is -0.215. The summed E-state index contributed by atoms with van der Waals surface area (Å²) in [6, 6.07) is 15.5. The molecule has 5 nitrogen and oxygen atoms in total. The molecular weight excluding hydrogens is 316 g/mol. The Hall–Kier alpha value is -2.95. The van der Waals surface area contributed by atoms with Crippen LogP contribution in [0.4, 0.5) is 0 Å². The molecule has 0 spiro atoms. The standard InChI is InChI=1S/C20H20N2O3/c1-3-25-19(23)12-11-18-16-9-4-5-10-17(16)21-20(22-18)14-7-6-8-15(13-14)24-2/h4-10,13H,3,11-12H2,1-2H3. The number of ether oxygens (including phenoxy) is 2. The minimum absolute atomic E-state index is 0.215. The van der Waals surface area contributed by atoms with E-state index < -0.39 is 0 Å². The normalized spacial score (nSPS) is 10.6. The van der Waals surface area contributed by atoms with Crippen molar-refractivity contribution < 1.29 is 14.3 Å². The van der Waals surface area contributed by atoms with Gasteiger partial charge in [-0.1, -0.05) is 30.3 Å². The van der Waals surface area contributed by atoms with Gasteiger partial charge in [0, 0.05) is 17.4 Å². The zero-order chi connectivity index (χ0) is 17.6. The number of esters is 1. The number of nitrogens with zero attached hydrogens (tertiary/aromatic N) is 2. The SMILES string of the molecule is CCOC(=O)CCc1nc(-c2cccc(OC)c2)nc2ccccc12. The highest BCUT2D eigenvalue weighted by Gasteiger charge is 2.12. The van der Waals surface area contributed by atoms with Gasteiger partial charge >= 0.3 is 5.97 Å². The number of aromatic nitrogens is 2. The summed E-state index contributed by atoms with van der Waals surface area (Å²) in [5.74, 6) is 1.16. The summed E-state index contributed by atoms with van der Waals surface area (Å²) in [5.41, 5.74) is 2.58. The molecule has 0 saturated carbocycles. The highest BCUT2D eigenvalue weighted by atomic mass is 16.5.